The van der Waals surface area contributed by atoms with Gasteiger partial charge in [0.2, 0.25) is 0 Å². The summed E-state index contributed by atoms with van der Waals surface area (Å²) >= 11 is 3.46. The highest BCUT2D eigenvalue weighted by molar-refractivity contribution is 9.10. The summed E-state index contributed by atoms with van der Waals surface area (Å²) in [5.41, 5.74) is 2.07. The van der Waals surface area contributed by atoms with Crippen LogP contribution in [0.25, 0.3) is 0 Å². The minimum atomic E-state index is -0.861. The van der Waals surface area contributed by atoms with E-state index in [4.69, 9.17) is 0 Å². The molecule has 2 N–H and O–H groups in total. The van der Waals surface area contributed by atoms with Crippen LogP contribution >= 0.6 is 15.9 Å². The van der Waals surface area contributed by atoms with Crippen molar-refractivity contribution in [2.75, 3.05) is 13.1 Å². The summed E-state index contributed by atoms with van der Waals surface area (Å²) in [7, 11) is 0. The summed E-state index contributed by atoms with van der Waals surface area (Å²) in [4.78, 5) is 12.7. The molecule has 5 heteroatoms. The second-order valence-corrected chi connectivity index (χ2v) is 6.82. The third-order valence-electron chi connectivity index (χ3n) is 4.70. The van der Waals surface area contributed by atoms with Gasteiger partial charge in [0, 0.05) is 23.0 Å². The lowest BCUT2D eigenvalue weighted by Gasteiger charge is -2.42. The number of phenols is 1. The van der Waals surface area contributed by atoms with Crippen LogP contribution in [0.4, 0.5) is 4.79 Å². The standard InChI is InChI=1S/C18H18BrNO3/c19-15-5-1-13(2-6-15)18(14-3-7-16(21)8-4-14)9-11-20(12-10-18)17(22)23/h1-8,21H,9-12H2,(H,22,23). The van der Waals surface area contributed by atoms with E-state index in [0.29, 0.717) is 13.1 Å². The Morgan fingerprint density at radius 2 is 1.43 bits per heavy atom. The Morgan fingerprint density at radius 3 is 1.91 bits per heavy atom. The molecule has 1 saturated heterocycles. The number of halogens is 1. The van der Waals surface area contributed by atoms with E-state index in [1.54, 1.807) is 12.1 Å². The molecule has 2 aromatic carbocycles. The van der Waals surface area contributed by atoms with Gasteiger partial charge in [-0.3, -0.25) is 0 Å². The molecule has 120 valence electrons. The lowest BCUT2D eigenvalue weighted by atomic mass is 9.68. The number of amides is 1. The van der Waals surface area contributed by atoms with Crippen LogP contribution in [0.2, 0.25) is 0 Å². The van der Waals surface area contributed by atoms with E-state index in [-0.39, 0.29) is 11.2 Å². The summed E-state index contributed by atoms with van der Waals surface area (Å²) in [6.07, 6.45) is 0.595. The SMILES string of the molecule is O=C(O)N1CCC(c2ccc(O)cc2)(c2ccc(Br)cc2)CC1. The minimum absolute atomic E-state index is 0.222. The number of hydrogen-bond donors (Lipinski definition) is 2. The highest BCUT2D eigenvalue weighted by Gasteiger charge is 2.38. The summed E-state index contributed by atoms with van der Waals surface area (Å²) in [5, 5.41) is 18.8. The van der Waals surface area contributed by atoms with Crippen LogP contribution in [0.15, 0.2) is 53.0 Å². The van der Waals surface area contributed by atoms with Gasteiger partial charge >= 0.3 is 6.09 Å². The second-order valence-electron chi connectivity index (χ2n) is 5.91. The molecule has 1 aliphatic rings. The predicted octanol–water partition coefficient (Wildman–Crippen LogP) is 4.21. The maximum absolute atomic E-state index is 11.2. The fourth-order valence-corrected chi connectivity index (χ4v) is 3.64. The zero-order valence-corrected chi connectivity index (χ0v) is 14.2. The van der Waals surface area contributed by atoms with Gasteiger partial charge < -0.3 is 15.1 Å². The summed E-state index contributed by atoms with van der Waals surface area (Å²) < 4.78 is 1.02. The van der Waals surface area contributed by atoms with E-state index in [0.717, 1.165) is 22.9 Å². The molecule has 23 heavy (non-hydrogen) atoms. The number of likely N-dealkylation sites (tertiary alicyclic amines) is 1. The van der Waals surface area contributed by atoms with E-state index in [1.165, 1.54) is 10.5 Å². The monoisotopic (exact) mass is 375 g/mol. The largest absolute Gasteiger partial charge is 0.508 e. The van der Waals surface area contributed by atoms with Crippen molar-refractivity contribution in [2.45, 2.75) is 18.3 Å². The van der Waals surface area contributed by atoms with Crippen molar-refractivity contribution in [1.82, 2.24) is 4.90 Å². The van der Waals surface area contributed by atoms with Crippen LogP contribution < -0.4 is 0 Å². The van der Waals surface area contributed by atoms with Crippen molar-refractivity contribution in [3.63, 3.8) is 0 Å². The number of nitrogens with zero attached hydrogens (tertiary/aromatic N) is 1. The first-order valence-corrected chi connectivity index (χ1v) is 8.34. The molecule has 1 aliphatic heterocycles. The second kappa shape index (κ2) is 6.24. The number of piperidine rings is 1. The normalized spacial score (nSPS) is 17.0. The fraction of sp³-hybridized carbons (Fsp3) is 0.278. The average molecular weight is 376 g/mol. The fourth-order valence-electron chi connectivity index (χ4n) is 3.37. The third kappa shape index (κ3) is 3.06. The van der Waals surface area contributed by atoms with Gasteiger partial charge in [0.25, 0.3) is 0 Å². The molecule has 0 saturated carbocycles. The van der Waals surface area contributed by atoms with Crippen molar-refractivity contribution < 1.29 is 15.0 Å². The number of aromatic hydroxyl groups is 1. The topological polar surface area (TPSA) is 60.8 Å². The Balaban J connectivity index is 2.02. The smallest absolute Gasteiger partial charge is 0.407 e. The van der Waals surface area contributed by atoms with Gasteiger partial charge in [0.1, 0.15) is 5.75 Å². The van der Waals surface area contributed by atoms with Gasteiger partial charge in [-0.25, -0.2) is 4.79 Å². The van der Waals surface area contributed by atoms with E-state index in [2.05, 4.69) is 28.1 Å². The van der Waals surface area contributed by atoms with Crippen LogP contribution in [0.5, 0.6) is 5.75 Å². The quantitative estimate of drug-likeness (QED) is 0.825. The van der Waals surface area contributed by atoms with Crippen molar-refractivity contribution in [3.05, 3.63) is 64.1 Å². The summed E-state index contributed by atoms with van der Waals surface area (Å²) in [6.45, 7) is 1.01. The van der Waals surface area contributed by atoms with E-state index < -0.39 is 6.09 Å². The molecule has 0 bridgehead atoms. The molecule has 0 spiro atoms. The first kappa shape index (κ1) is 15.9. The maximum atomic E-state index is 11.2. The number of carboxylic acid groups (broad SMARTS) is 1. The Morgan fingerprint density at radius 1 is 0.957 bits per heavy atom. The van der Waals surface area contributed by atoms with Gasteiger partial charge in [-0.2, -0.15) is 0 Å². The molecule has 0 radical (unpaired) electrons. The Labute approximate surface area is 143 Å². The highest BCUT2D eigenvalue weighted by Crippen LogP contribution is 2.42. The molecule has 0 aliphatic carbocycles. The van der Waals surface area contributed by atoms with Crippen LogP contribution in [-0.4, -0.2) is 34.3 Å². The first-order chi connectivity index (χ1) is 11.0. The molecule has 4 nitrogen and oxygen atoms in total. The number of carbonyl (C=O) groups is 1. The van der Waals surface area contributed by atoms with Gasteiger partial charge in [0.05, 0.1) is 0 Å². The average Bonchev–Trinajstić information content (AvgIpc) is 2.56. The molecule has 0 atom stereocenters. The molecule has 1 fully saturated rings. The van der Waals surface area contributed by atoms with E-state index >= 15 is 0 Å². The van der Waals surface area contributed by atoms with Gasteiger partial charge in [-0.15, -0.1) is 0 Å². The first-order valence-electron chi connectivity index (χ1n) is 7.55. The summed E-state index contributed by atoms with van der Waals surface area (Å²) in [6, 6.07) is 15.5. The predicted molar refractivity (Wildman–Crippen MR) is 91.9 cm³/mol. The van der Waals surface area contributed by atoms with Crippen LogP contribution in [-0.2, 0) is 5.41 Å². The molecule has 0 aromatic heterocycles. The van der Waals surface area contributed by atoms with Crippen molar-refractivity contribution in [3.8, 4) is 5.75 Å². The van der Waals surface area contributed by atoms with E-state index in [1.807, 2.05) is 24.3 Å². The molecule has 1 amide bonds. The lowest BCUT2D eigenvalue weighted by Crippen LogP contribution is -2.45. The van der Waals surface area contributed by atoms with Gasteiger partial charge in [0.15, 0.2) is 0 Å². The van der Waals surface area contributed by atoms with Crippen molar-refractivity contribution >= 4 is 22.0 Å². The van der Waals surface area contributed by atoms with Crippen molar-refractivity contribution in [2.24, 2.45) is 0 Å². The Bertz CT molecular complexity index is 642. The zero-order chi connectivity index (χ0) is 16.4. The van der Waals surface area contributed by atoms with Crippen LogP contribution in [0.1, 0.15) is 24.0 Å². The maximum Gasteiger partial charge on any atom is 0.407 e. The number of benzene rings is 2. The lowest BCUT2D eigenvalue weighted by molar-refractivity contribution is 0.123. The Hall–Kier alpha value is -2.01. The summed E-state index contributed by atoms with van der Waals surface area (Å²) in [5.74, 6) is 0.239. The van der Waals surface area contributed by atoms with Gasteiger partial charge in [-0.05, 0) is 48.2 Å². The Kier molecular flexibility index (Phi) is 4.31. The number of phenolic OH excluding ortho intramolecular Hbond substituents is 1. The van der Waals surface area contributed by atoms with Crippen LogP contribution in [0.3, 0.4) is 0 Å². The molecule has 2 aromatic rings. The van der Waals surface area contributed by atoms with Gasteiger partial charge in [-0.1, -0.05) is 40.2 Å². The number of hydrogen-bond acceptors (Lipinski definition) is 2. The molecule has 3 rings (SSSR count). The minimum Gasteiger partial charge on any atom is -0.508 e. The molecule has 0 unspecified atom stereocenters. The highest BCUT2D eigenvalue weighted by atomic mass is 79.9. The zero-order valence-electron chi connectivity index (χ0n) is 12.6. The molecule has 1 heterocycles. The number of rotatable bonds is 2. The van der Waals surface area contributed by atoms with Crippen LogP contribution in [0, 0.1) is 0 Å². The third-order valence-corrected chi connectivity index (χ3v) is 5.23. The van der Waals surface area contributed by atoms with Crippen molar-refractivity contribution in [1.29, 1.82) is 0 Å². The molecular formula is C18H18BrNO3. The molecular weight excluding hydrogens is 358 g/mol. The van der Waals surface area contributed by atoms with E-state index in [9.17, 15) is 15.0 Å².